The first-order chi connectivity index (χ1) is 9.43. The Kier molecular flexibility index (Phi) is 5.96. The molecular weight excluding hydrogens is 263 g/mol. The van der Waals surface area contributed by atoms with Gasteiger partial charge in [0.15, 0.2) is 0 Å². The van der Waals surface area contributed by atoms with Crippen LogP contribution in [0.15, 0.2) is 18.2 Å². The van der Waals surface area contributed by atoms with Gasteiger partial charge in [0.25, 0.3) is 0 Å². The van der Waals surface area contributed by atoms with Crippen LogP contribution in [0.1, 0.15) is 43.5 Å². The SMILES string of the molecule is CCCCC(C)NC(=O)Nc1cc(F)ccc1C(=O)O. The molecule has 3 N–H and O–H groups in total. The van der Waals surface area contributed by atoms with Crippen molar-refractivity contribution in [1.82, 2.24) is 5.32 Å². The summed E-state index contributed by atoms with van der Waals surface area (Å²) in [5.74, 6) is -1.83. The average molecular weight is 282 g/mol. The Morgan fingerprint density at radius 1 is 1.40 bits per heavy atom. The van der Waals surface area contributed by atoms with Crippen LogP contribution in [0.5, 0.6) is 0 Å². The minimum Gasteiger partial charge on any atom is -0.478 e. The van der Waals surface area contributed by atoms with Gasteiger partial charge in [0.1, 0.15) is 5.82 Å². The molecule has 1 unspecified atom stereocenters. The number of unbranched alkanes of at least 4 members (excludes halogenated alkanes) is 1. The Labute approximate surface area is 117 Å². The highest BCUT2D eigenvalue weighted by Gasteiger charge is 2.14. The lowest BCUT2D eigenvalue weighted by Crippen LogP contribution is -2.36. The lowest BCUT2D eigenvalue weighted by atomic mass is 10.1. The summed E-state index contributed by atoms with van der Waals surface area (Å²) >= 11 is 0. The van der Waals surface area contributed by atoms with E-state index in [2.05, 4.69) is 17.6 Å². The predicted octanol–water partition coefficient (Wildman–Crippen LogP) is 3.22. The van der Waals surface area contributed by atoms with E-state index in [1.807, 2.05) is 6.92 Å². The van der Waals surface area contributed by atoms with Crippen molar-refractivity contribution in [2.75, 3.05) is 5.32 Å². The molecule has 0 spiro atoms. The highest BCUT2D eigenvalue weighted by atomic mass is 19.1. The third-order valence-electron chi connectivity index (χ3n) is 2.83. The molecule has 20 heavy (non-hydrogen) atoms. The van der Waals surface area contributed by atoms with Gasteiger partial charge in [-0.2, -0.15) is 0 Å². The highest BCUT2D eigenvalue weighted by Crippen LogP contribution is 2.17. The minimum atomic E-state index is -1.22. The molecule has 0 fully saturated rings. The topological polar surface area (TPSA) is 78.4 Å². The number of benzene rings is 1. The van der Waals surface area contributed by atoms with Crippen molar-refractivity contribution >= 4 is 17.7 Å². The summed E-state index contributed by atoms with van der Waals surface area (Å²) in [5.41, 5.74) is -0.208. The van der Waals surface area contributed by atoms with Crippen LogP contribution in [-0.2, 0) is 0 Å². The van der Waals surface area contributed by atoms with Gasteiger partial charge in [0.05, 0.1) is 11.3 Å². The number of carbonyl (C=O) groups excluding carboxylic acids is 1. The average Bonchev–Trinajstić information content (AvgIpc) is 2.35. The van der Waals surface area contributed by atoms with Crippen LogP contribution in [-0.4, -0.2) is 23.1 Å². The molecule has 6 heteroatoms. The first-order valence-corrected chi connectivity index (χ1v) is 6.54. The summed E-state index contributed by atoms with van der Waals surface area (Å²) in [7, 11) is 0. The van der Waals surface area contributed by atoms with Gasteiger partial charge in [0, 0.05) is 6.04 Å². The molecule has 1 aromatic carbocycles. The van der Waals surface area contributed by atoms with Gasteiger partial charge in [-0.15, -0.1) is 0 Å². The van der Waals surface area contributed by atoms with E-state index in [1.54, 1.807) is 0 Å². The molecule has 2 amide bonds. The lowest BCUT2D eigenvalue weighted by molar-refractivity contribution is 0.0698. The van der Waals surface area contributed by atoms with Gasteiger partial charge < -0.3 is 15.7 Å². The zero-order valence-corrected chi connectivity index (χ0v) is 11.6. The van der Waals surface area contributed by atoms with Crippen molar-refractivity contribution in [3.05, 3.63) is 29.6 Å². The van der Waals surface area contributed by atoms with E-state index >= 15 is 0 Å². The number of carboxylic acids is 1. The molecule has 110 valence electrons. The minimum absolute atomic E-state index is 0.0308. The Hall–Kier alpha value is -2.11. The van der Waals surface area contributed by atoms with Crippen molar-refractivity contribution in [2.45, 2.75) is 39.2 Å². The highest BCUT2D eigenvalue weighted by molar-refractivity contribution is 6.00. The summed E-state index contributed by atoms with van der Waals surface area (Å²) in [6.45, 7) is 3.91. The lowest BCUT2D eigenvalue weighted by Gasteiger charge is -2.15. The van der Waals surface area contributed by atoms with Gasteiger partial charge in [-0.25, -0.2) is 14.0 Å². The van der Waals surface area contributed by atoms with Crippen molar-refractivity contribution in [3.8, 4) is 0 Å². The Morgan fingerprint density at radius 2 is 2.10 bits per heavy atom. The number of urea groups is 1. The standard InChI is InChI=1S/C14H19FN2O3/c1-3-4-5-9(2)16-14(20)17-12-8-10(15)6-7-11(12)13(18)19/h6-9H,3-5H2,1-2H3,(H,18,19)(H2,16,17,20). The molecule has 0 saturated heterocycles. The Balaban J connectivity index is 2.70. The van der Waals surface area contributed by atoms with Crippen LogP contribution < -0.4 is 10.6 Å². The van der Waals surface area contributed by atoms with Crippen molar-refractivity contribution in [3.63, 3.8) is 0 Å². The monoisotopic (exact) mass is 282 g/mol. The molecular formula is C14H19FN2O3. The second-order valence-electron chi connectivity index (χ2n) is 4.64. The molecule has 1 rings (SSSR count). The van der Waals surface area contributed by atoms with Gasteiger partial charge in [0.2, 0.25) is 0 Å². The van der Waals surface area contributed by atoms with E-state index in [0.717, 1.165) is 37.5 Å². The second-order valence-corrected chi connectivity index (χ2v) is 4.64. The maximum Gasteiger partial charge on any atom is 0.337 e. The maximum atomic E-state index is 13.1. The number of hydrogen-bond acceptors (Lipinski definition) is 2. The van der Waals surface area contributed by atoms with Gasteiger partial charge in [-0.1, -0.05) is 19.8 Å². The zero-order chi connectivity index (χ0) is 15.1. The summed E-state index contributed by atoms with van der Waals surface area (Å²) in [6.07, 6.45) is 2.85. The predicted molar refractivity (Wildman–Crippen MR) is 74.5 cm³/mol. The molecule has 0 heterocycles. The number of rotatable bonds is 6. The fourth-order valence-electron chi connectivity index (χ4n) is 1.77. The third kappa shape index (κ3) is 4.87. The zero-order valence-electron chi connectivity index (χ0n) is 11.6. The maximum absolute atomic E-state index is 13.1. The van der Waals surface area contributed by atoms with Gasteiger partial charge in [-0.05, 0) is 31.5 Å². The van der Waals surface area contributed by atoms with E-state index in [0.29, 0.717) is 0 Å². The number of amides is 2. The number of nitrogens with one attached hydrogen (secondary N) is 2. The van der Waals surface area contributed by atoms with Crippen LogP contribution in [0.2, 0.25) is 0 Å². The fourth-order valence-corrected chi connectivity index (χ4v) is 1.77. The smallest absolute Gasteiger partial charge is 0.337 e. The van der Waals surface area contributed by atoms with E-state index in [1.165, 1.54) is 0 Å². The molecule has 1 aromatic rings. The number of carbonyl (C=O) groups is 2. The van der Waals surface area contributed by atoms with E-state index in [9.17, 15) is 14.0 Å². The fraction of sp³-hybridized carbons (Fsp3) is 0.429. The number of aromatic carboxylic acids is 1. The first-order valence-electron chi connectivity index (χ1n) is 6.54. The summed E-state index contributed by atoms with van der Waals surface area (Å²) in [4.78, 5) is 22.7. The van der Waals surface area contributed by atoms with Crippen molar-refractivity contribution in [2.24, 2.45) is 0 Å². The first kappa shape index (κ1) is 15.9. The number of anilines is 1. The van der Waals surface area contributed by atoms with Crippen LogP contribution in [0.4, 0.5) is 14.9 Å². The van der Waals surface area contributed by atoms with Gasteiger partial charge in [-0.3, -0.25) is 0 Å². The van der Waals surface area contributed by atoms with Gasteiger partial charge >= 0.3 is 12.0 Å². The molecule has 0 bridgehead atoms. The number of carboxylic acid groups (broad SMARTS) is 1. The number of hydrogen-bond donors (Lipinski definition) is 3. The van der Waals surface area contributed by atoms with E-state index in [4.69, 9.17) is 5.11 Å². The Morgan fingerprint density at radius 3 is 2.70 bits per heavy atom. The van der Waals surface area contributed by atoms with Crippen LogP contribution in [0.3, 0.4) is 0 Å². The molecule has 0 aliphatic rings. The summed E-state index contributed by atoms with van der Waals surface area (Å²) < 4.78 is 13.1. The van der Waals surface area contributed by atoms with Crippen LogP contribution in [0.25, 0.3) is 0 Å². The molecule has 0 aliphatic heterocycles. The normalized spacial score (nSPS) is 11.8. The van der Waals surface area contributed by atoms with E-state index < -0.39 is 17.8 Å². The number of halogens is 1. The summed E-state index contributed by atoms with van der Waals surface area (Å²) in [5, 5.41) is 14.0. The Bertz CT molecular complexity index is 491. The molecule has 0 radical (unpaired) electrons. The van der Waals surface area contributed by atoms with Crippen molar-refractivity contribution in [1.29, 1.82) is 0 Å². The molecule has 0 aliphatic carbocycles. The largest absolute Gasteiger partial charge is 0.478 e. The molecule has 5 nitrogen and oxygen atoms in total. The molecule has 0 aromatic heterocycles. The molecule has 0 saturated carbocycles. The quantitative estimate of drug-likeness (QED) is 0.749. The van der Waals surface area contributed by atoms with Crippen LogP contribution >= 0.6 is 0 Å². The summed E-state index contributed by atoms with van der Waals surface area (Å²) in [6, 6.07) is 2.57. The van der Waals surface area contributed by atoms with E-state index in [-0.39, 0.29) is 17.3 Å². The molecule has 1 atom stereocenters. The van der Waals surface area contributed by atoms with Crippen LogP contribution in [0, 0.1) is 5.82 Å². The van der Waals surface area contributed by atoms with Crippen molar-refractivity contribution < 1.29 is 19.1 Å². The second kappa shape index (κ2) is 7.47. The third-order valence-corrected chi connectivity index (χ3v) is 2.83.